The first-order valence-electron chi connectivity index (χ1n) is 10.1. The van der Waals surface area contributed by atoms with Crippen LogP contribution in [0, 0.1) is 29.2 Å². The topological polar surface area (TPSA) is 109 Å². The van der Waals surface area contributed by atoms with Crippen LogP contribution < -0.4 is 11.5 Å². The van der Waals surface area contributed by atoms with Gasteiger partial charge in [-0.1, -0.05) is 0 Å². The molecule has 5 rings (SSSR count). The molecule has 0 spiro atoms. The van der Waals surface area contributed by atoms with Crippen LogP contribution in [0.4, 0.5) is 33.6 Å². The van der Waals surface area contributed by atoms with Gasteiger partial charge in [-0.25, -0.2) is 22.5 Å². The third kappa shape index (κ3) is 3.88. The molecule has 7 nitrogen and oxygen atoms in total. The SMILES string of the molecule is Nc1nc(-n2nc(Cc3c(F)ccc(F)c3F)c3cc(F)ccc32)nc(N)c1-c1ccc(F)nc1. The highest BCUT2D eigenvalue weighted by molar-refractivity contribution is 5.85. The summed E-state index contributed by atoms with van der Waals surface area (Å²) in [4.78, 5) is 12.0. The van der Waals surface area contributed by atoms with Crippen LogP contribution in [-0.4, -0.2) is 24.7 Å². The number of nitrogens with zero attached hydrogens (tertiary/aromatic N) is 5. The molecule has 5 aromatic rings. The number of fused-ring (bicyclic) bond motifs is 1. The molecular formula is C23H14F5N7. The monoisotopic (exact) mass is 483 g/mol. The molecule has 4 N–H and O–H groups in total. The Bertz CT molecular complexity index is 1580. The molecule has 12 heteroatoms. The Hall–Kier alpha value is -4.61. The number of nitrogens with two attached hydrogens (primary N) is 2. The van der Waals surface area contributed by atoms with Crippen LogP contribution in [0.5, 0.6) is 0 Å². The summed E-state index contributed by atoms with van der Waals surface area (Å²) in [5, 5.41) is 4.50. The van der Waals surface area contributed by atoms with Crippen molar-refractivity contribution in [2.45, 2.75) is 6.42 Å². The summed E-state index contributed by atoms with van der Waals surface area (Å²) in [6, 6.07) is 7.62. The lowest BCUT2D eigenvalue weighted by Crippen LogP contribution is -2.10. The molecule has 0 bridgehead atoms. The molecule has 0 aliphatic rings. The van der Waals surface area contributed by atoms with Crippen molar-refractivity contribution < 1.29 is 22.0 Å². The van der Waals surface area contributed by atoms with Gasteiger partial charge >= 0.3 is 0 Å². The first kappa shape index (κ1) is 22.2. The van der Waals surface area contributed by atoms with Gasteiger partial charge in [0.15, 0.2) is 11.6 Å². The molecule has 0 saturated carbocycles. The van der Waals surface area contributed by atoms with Gasteiger partial charge in [0.2, 0.25) is 5.95 Å². The number of hydrogen-bond donors (Lipinski definition) is 2. The Balaban J connectivity index is 1.66. The molecular weight excluding hydrogens is 469 g/mol. The minimum Gasteiger partial charge on any atom is -0.383 e. The average Bonchev–Trinajstić information content (AvgIpc) is 3.17. The number of halogens is 5. The maximum Gasteiger partial charge on any atom is 0.255 e. The maximum absolute atomic E-state index is 14.3. The molecule has 0 aliphatic heterocycles. The quantitative estimate of drug-likeness (QED) is 0.224. The van der Waals surface area contributed by atoms with E-state index in [4.69, 9.17) is 11.5 Å². The lowest BCUT2D eigenvalue weighted by Gasteiger charge is -2.10. The highest BCUT2D eigenvalue weighted by Crippen LogP contribution is 2.31. The minimum atomic E-state index is -1.37. The molecule has 2 aromatic carbocycles. The summed E-state index contributed by atoms with van der Waals surface area (Å²) < 4.78 is 70.6. The Kier molecular flexibility index (Phi) is 5.27. The Morgan fingerprint density at radius 1 is 0.829 bits per heavy atom. The summed E-state index contributed by atoms with van der Waals surface area (Å²) in [5.74, 6) is -5.16. The molecule has 0 radical (unpaired) electrons. The molecule has 0 aliphatic carbocycles. The first-order valence-corrected chi connectivity index (χ1v) is 10.1. The third-order valence-electron chi connectivity index (χ3n) is 5.36. The van der Waals surface area contributed by atoms with E-state index in [1.165, 1.54) is 23.0 Å². The Morgan fingerprint density at radius 2 is 1.54 bits per heavy atom. The van der Waals surface area contributed by atoms with E-state index in [1.807, 2.05) is 0 Å². The van der Waals surface area contributed by atoms with Gasteiger partial charge in [-0.05, 0) is 42.5 Å². The highest BCUT2D eigenvalue weighted by Gasteiger charge is 2.21. The van der Waals surface area contributed by atoms with Gasteiger partial charge in [-0.3, -0.25) is 0 Å². The largest absolute Gasteiger partial charge is 0.383 e. The number of anilines is 2. The number of hydrogen-bond acceptors (Lipinski definition) is 6. The smallest absolute Gasteiger partial charge is 0.255 e. The molecule has 3 aromatic heterocycles. The maximum atomic E-state index is 14.3. The van der Waals surface area contributed by atoms with Crippen LogP contribution in [0.15, 0.2) is 48.7 Å². The van der Waals surface area contributed by atoms with Crippen LogP contribution in [0.25, 0.3) is 28.0 Å². The van der Waals surface area contributed by atoms with Gasteiger partial charge < -0.3 is 11.5 Å². The zero-order chi connectivity index (χ0) is 24.9. The van der Waals surface area contributed by atoms with Crippen molar-refractivity contribution in [2.75, 3.05) is 11.5 Å². The summed E-state index contributed by atoms with van der Waals surface area (Å²) >= 11 is 0. The number of benzene rings is 2. The normalized spacial score (nSPS) is 11.3. The highest BCUT2D eigenvalue weighted by atomic mass is 19.2. The van der Waals surface area contributed by atoms with Crippen LogP contribution in [0.1, 0.15) is 11.3 Å². The second-order valence-corrected chi connectivity index (χ2v) is 7.56. The Morgan fingerprint density at radius 3 is 2.23 bits per heavy atom. The van der Waals surface area contributed by atoms with Crippen molar-refractivity contribution in [2.24, 2.45) is 0 Å². The van der Waals surface area contributed by atoms with Crippen LogP contribution >= 0.6 is 0 Å². The Labute approximate surface area is 193 Å². The number of aromatic nitrogens is 5. The van der Waals surface area contributed by atoms with Crippen LogP contribution in [0.3, 0.4) is 0 Å². The van der Waals surface area contributed by atoms with Gasteiger partial charge in [-0.2, -0.15) is 24.1 Å². The molecule has 0 fully saturated rings. The van der Waals surface area contributed by atoms with E-state index in [9.17, 15) is 22.0 Å². The molecule has 35 heavy (non-hydrogen) atoms. The summed E-state index contributed by atoms with van der Waals surface area (Å²) in [6.45, 7) is 0. The van der Waals surface area contributed by atoms with Crippen molar-refractivity contribution in [1.29, 1.82) is 0 Å². The predicted octanol–water partition coefficient (Wildman–Crippen LogP) is 4.33. The van der Waals surface area contributed by atoms with E-state index < -0.39 is 41.2 Å². The lowest BCUT2D eigenvalue weighted by molar-refractivity contribution is 0.482. The minimum absolute atomic E-state index is 0.0375. The fourth-order valence-electron chi connectivity index (χ4n) is 3.73. The fraction of sp³-hybridized carbons (Fsp3) is 0.0435. The van der Waals surface area contributed by atoms with Gasteiger partial charge in [0, 0.05) is 29.1 Å². The number of pyridine rings is 1. The standard InChI is InChI=1S/C23H14F5N7/c24-11-2-5-17-13(7-11)16(8-12-14(25)3-4-15(26)20(12)28)34-35(17)23-32-21(29)19(22(30)33-23)10-1-6-18(27)31-9-10/h1-7,9H,8H2,(H4,29,30,32,33). The molecule has 176 valence electrons. The van der Waals surface area contributed by atoms with Crippen molar-refractivity contribution in [1.82, 2.24) is 24.7 Å². The van der Waals surface area contributed by atoms with Gasteiger partial charge in [0.1, 0.15) is 23.3 Å². The predicted molar refractivity (Wildman–Crippen MR) is 118 cm³/mol. The third-order valence-corrected chi connectivity index (χ3v) is 5.36. The summed E-state index contributed by atoms with van der Waals surface area (Å²) in [6.07, 6.45) is 0.735. The number of rotatable bonds is 4. The van der Waals surface area contributed by atoms with E-state index in [0.29, 0.717) is 11.6 Å². The van der Waals surface area contributed by atoms with E-state index in [2.05, 4.69) is 20.1 Å². The van der Waals surface area contributed by atoms with E-state index in [-0.39, 0.29) is 39.7 Å². The average molecular weight is 483 g/mol. The van der Waals surface area contributed by atoms with Crippen molar-refractivity contribution in [3.8, 4) is 17.1 Å². The molecule has 3 heterocycles. The van der Waals surface area contributed by atoms with E-state index in [0.717, 1.165) is 24.3 Å². The molecule has 0 atom stereocenters. The van der Waals surface area contributed by atoms with Crippen molar-refractivity contribution in [3.63, 3.8) is 0 Å². The molecule has 0 amide bonds. The summed E-state index contributed by atoms with van der Waals surface area (Å²) in [5.41, 5.74) is 12.5. The van der Waals surface area contributed by atoms with Crippen molar-refractivity contribution in [3.05, 3.63) is 89.1 Å². The second-order valence-electron chi connectivity index (χ2n) is 7.56. The zero-order valence-corrected chi connectivity index (χ0v) is 17.6. The van der Waals surface area contributed by atoms with Gasteiger partial charge in [-0.15, -0.1) is 0 Å². The lowest BCUT2D eigenvalue weighted by atomic mass is 10.1. The summed E-state index contributed by atoms with van der Waals surface area (Å²) in [7, 11) is 0. The zero-order valence-electron chi connectivity index (χ0n) is 17.6. The van der Waals surface area contributed by atoms with Crippen LogP contribution in [-0.2, 0) is 6.42 Å². The van der Waals surface area contributed by atoms with E-state index >= 15 is 0 Å². The van der Waals surface area contributed by atoms with Gasteiger partial charge in [0.25, 0.3) is 5.95 Å². The fourth-order valence-corrected chi connectivity index (χ4v) is 3.73. The van der Waals surface area contributed by atoms with E-state index in [1.54, 1.807) is 0 Å². The second kappa shape index (κ2) is 8.31. The molecule has 0 saturated heterocycles. The first-order chi connectivity index (χ1) is 16.7. The van der Waals surface area contributed by atoms with Crippen molar-refractivity contribution >= 4 is 22.5 Å². The number of nitrogen functional groups attached to an aromatic ring is 2. The van der Waals surface area contributed by atoms with Gasteiger partial charge in [0.05, 0.1) is 16.8 Å². The molecule has 0 unspecified atom stereocenters. The van der Waals surface area contributed by atoms with Crippen LogP contribution in [0.2, 0.25) is 0 Å².